The molecule has 1 aliphatic carbocycles. The van der Waals surface area contributed by atoms with Crippen LogP contribution in [0.25, 0.3) is 0 Å². The molecule has 0 spiro atoms. The van der Waals surface area contributed by atoms with Crippen LogP contribution < -0.4 is 5.32 Å². The summed E-state index contributed by atoms with van der Waals surface area (Å²) in [6, 6.07) is 2.14. The van der Waals surface area contributed by atoms with Crippen molar-refractivity contribution in [3.63, 3.8) is 0 Å². The number of alkyl halides is 3. The second kappa shape index (κ2) is 3.29. The number of aromatic amines is 1. The minimum Gasteiger partial charge on any atom is -0.348 e. The van der Waals surface area contributed by atoms with E-state index in [1.54, 1.807) is 0 Å². The van der Waals surface area contributed by atoms with E-state index >= 15 is 0 Å². The summed E-state index contributed by atoms with van der Waals surface area (Å²) in [4.78, 5) is 13.4. The van der Waals surface area contributed by atoms with Gasteiger partial charge < -0.3 is 10.3 Å². The molecule has 0 atom stereocenters. The minimum absolute atomic E-state index is 0.0470. The van der Waals surface area contributed by atoms with E-state index in [1.807, 2.05) is 4.98 Å². The summed E-state index contributed by atoms with van der Waals surface area (Å²) in [5.74, 6) is -0.479. The number of hydrogen-bond acceptors (Lipinski definition) is 1. The number of halogens is 3. The molecule has 0 saturated heterocycles. The van der Waals surface area contributed by atoms with Crippen LogP contribution in [-0.2, 0) is 6.18 Å². The van der Waals surface area contributed by atoms with E-state index in [4.69, 9.17) is 0 Å². The molecule has 2 rings (SSSR count). The maximum atomic E-state index is 12.2. The van der Waals surface area contributed by atoms with Gasteiger partial charge in [-0.15, -0.1) is 0 Å². The van der Waals surface area contributed by atoms with Gasteiger partial charge in [-0.25, -0.2) is 0 Å². The normalized spacial score (nSPS) is 16.5. The van der Waals surface area contributed by atoms with Crippen LogP contribution in [-0.4, -0.2) is 16.9 Å². The van der Waals surface area contributed by atoms with Gasteiger partial charge in [0.2, 0.25) is 0 Å². The van der Waals surface area contributed by atoms with Crippen molar-refractivity contribution in [1.82, 2.24) is 10.3 Å². The maximum Gasteiger partial charge on any atom is 0.431 e. The van der Waals surface area contributed by atoms with Gasteiger partial charge in [-0.05, 0) is 25.0 Å². The molecule has 15 heavy (non-hydrogen) atoms. The molecule has 1 aromatic rings. The first kappa shape index (κ1) is 10.1. The van der Waals surface area contributed by atoms with Crippen LogP contribution in [0.15, 0.2) is 12.1 Å². The molecule has 1 aromatic heterocycles. The number of H-pyrrole nitrogens is 1. The van der Waals surface area contributed by atoms with Crippen molar-refractivity contribution in [1.29, 1.82) is 0 Å². The molecule has 0 aliphatic heterocycles. The molecule has 1 amide bonds. The second-order valence-electron chi connectivity index (χ2n) is 3.53. The monoisotopic (exact) mass is 218 g/mol. The molecule has 1 heterocycles. The molecule has 0 bridgehead atoms. The summed E-state index contributed by atoms with van der Waals surface area (Å²) >= 11 is 0. The molecule has 3 nitrogen and oxygen atoms in total. The number of amides is 1. The molecule has 1 saturated carbocycles. The first-order valence-electron chi connectivity index (χ1n) is 4.54. The highest BCUT2D eigenvalue weighted by molar-refractivity contribution is 5.92. The van der Waals surface area contributed by atoms with Gasteiger partial charge in [-0.1, -0.05) is 0 Å². The van der Waals surface area contributed by atoms with Crippen molar-refractivity contribution in [3.05, 3.63) is 23.5 Å². The molecule has 0 unspecified atom stereocenters. The summed E-state index contributed by atoms with van der Waals surface area (Å²) in [6.07, 6.45) is -2.63. The van der Waals surface area contributed by atoms with Gasteiger partial charge in [0.15, 0.2) is 0 Å². The Bertz CT molecular complexity index is 379. The Balaban J connectivity index is 2.08. The van der Waals surface area contributed by atoms with Crippen molar-refractivity contribution in [2.45, 2.75) is 25.1 Å². The van der Waals surface area contributed by atoms with Crippen molar-refractivity contribution in [2.75, 3.05) is 0 Å². The highest BCUT2D eigenvalue weighted by atomic mass is 19.4. The molecule has 82 valence electrons. The third kappa shape index (κ3) is 2.31. The van der Waals surface area contributed by atoms with E-state index < -0.39 is 17.8 Å². The molecule has 6 heteroatoms. The fourth-order valence-corrected chi connectivity index (χ4v) is 1.18. The van der Waals surface area contributed by atoms with Crippen molar-refractivity contribution < 1.29 is 18.0 Å². The van der Waals surface area contributed by atoms with E-state index in [2.05, 4.69) is 5.32 Å². The quantitative estimate of drug-likeness (QED) is 0.782. The summed E-state index contributed by atoms with van der Waals surface area (Å²) in [7, 11) is 0. The Kier molecular flexibility index (Phi) is 2.21. The highest BCUT2D eigenvalue weighted by Crippen LogP contribution is 2.28. The fourth-order valence-electron chi connectivity index (χ4n) is 1.18. The van der Waals surface area contributed by atoms with Gasteiger partial charge in [0, 0.05) is 6.04 Å². The summed E-state index contributed by atoms with van der Waals surface area (Å²) < 4.78 is 36.5. The third-order valence-electron chi connectivity index (χ3n) is 2.15. The number of carbonyl (C=O) groups excluding carboxylic acids is 1. The average Bonchev–Trinajstić information content (AvgIpc) is 2.80. The van der Waals surface area contributed by atoms with E-state index in [0.717, 1.165) is 25.0 Å². The van der Waals surface area contributed by atoms with Gasteiger partial charge in [0.25, 0.3) is 5.91 Å². The molecular weight excluding hydrogens is 209 g/mol. The van der Waals surface area contributed by atoms with E-state index in [1.165, 1.54) is 0 Å². The summed E-state index contributed by atoms with van der Waals surface area (Å²) in [6.45, 7) is 0. The molecule has 0 aromatic carbocycles. The minimum atomic E-state index is -4.43. The number of hydrogen-bond donors (Lipinski definition) is 2. The van der Waals surface area contributed by atoms with Crippen molar-refractivity contribution >= 4 is 5.91 Å². The molecular formula is C9H9F3N2O. The lowest BCUT2D eigenvalue weighted by Crippen LogP contribution is -2.25. The number of nitrogens with one attached hydrogen (secondary N) is 2. The van der Waals surface area contributed by atoms with Gasteiger partial charge in [-0.3, -0.25) is 4.79 Å². The number of carbonyl (C=O) groups is 1. The van der Waals surface area contributed by atoms with Gasteiger partial charge in [0.1, 0.15) is 11.4 Å². The van der Waals surface area contributed by atoms with E-state index in [-0.39, 0.29) is 11.7 Å². The lowest BCUT2D eigenvalue weighted by molar-refractivity contribution is -0.140. The van der Waals surface area contributed by atoms with Crippen LogP contribution in [0.1, 0.15) is 29.0 Å². The molecule has 0 radical (unpaired) electrons. The average molecular weight is 218 g/mol. The number of rotatable bonds is 2. The fraction of sp³-hybridized carbons (Fsp3) is 0.444. The standard InChI is InChI=1S/C9H9F3N2O/c10-9(11,12)7-4-3-6(14-7)8(15)13-5-1-2-5/h3-5,14H,1-2H2,(H,13,15). The predicted molar refractivity (Wildman–Crippen MR) is 46.3 cm³/mol. The molecule has 1 fully saturated rings. The van der Waals surface area contributed by atoms with Gasteiger partial charge >= 0.3 is 6.18 Å². The third-order valence-corrected chi connectivity index (χ3v) is 2.15. The molecule has 2 N–H and O–H groups in total. The Labute approximate surface area is 83.7 Å². The number of aromatic nitrogens is 1. The lowest BCUT2D eigenvalue weighted by atomic mass is 10.4. The summed E-state index contributed by atoms with van der Waals surface area (Å²) in [5.41, 5.74) is -0.947. The Morgan fingerprint density at radius 3 is 2.53 bits per heavy atom. The topological polar surface area (TPSA) is 44.9 Å². The van der Waals surface area contributed by atoms with Crippen molar-refractivity contribution in [2.24, 2.45) is 0 Å². The van der Waals surface area contributed by atoms with Gasteiger partial charge in [-0.2, -0.15) is 13.2 Å². The molecule has 1 aliphatic rings. The van der Waals surface area contributed by atoms with Crippen LogP contribution in [0.5, 0.6) is 0 Å². The highest BCUT2D eigenvalue weighted by Gasteiger charge is 2.33. The largest absolute Gasteiger partial charge is 0.431 e. The summed E-state index contributed by atoms with van der Waals surface area (Å²) in [5, 5.41) is 2.60. The zero-order valence-electron chi connectivity index (χ0n) is 7.69. The van der Waals surface area contributed by atoms with Crippen LogP contribution in [0.2, 0.25) is 0 Å². The van der Waals surface area contributed by atoms with E-state index in [9.17, 15) is 18.0 Å². The van der Waals surface area contributed by atoms with Crippen LogP contribution in [0.4, 0.5) is 13.2 Å². The smallest absolute Gasteiger partial charge is 0.348 e. The van der Waals surface area contributed by atoms with Crippen LogP contribution >= 0.6 is 0 Å². The Hall–Kier alpha value is -1.46. The Morgan fingerprint density at radius 1 is 1.40 bits per heavy atom. The van der Waals surface area contributed by atoms with Crippen LogP contribution in [0.3, 0.4) is 0 Å². The van der Waals surface area contributed by atoms with E-state index in [0.29, 0.717) is 0 Å². The first-order valence-corrected chi connectivity index (χ1v) is 4.54. The zero-order chi connectivity index (χ0) is 11.1. The van der Waals surface area contributed by atoms with Crippen molar-refractivity contribution in [3.8, 4) is 0 Å². The van der Waals surface area contributed by atoms with Gasteiger partial charge in [0.05, 0.1) is 0 Å². The maximum absolute atomic E-state index is 12.2. The van der Waals surface area contributed by atoms with Crippen LogP contribution in [0, 0.1) is 0 Å². The predicted octanol–water partition coefficient (Wildman–Crippen LogP) is 1.93. The second-order valence-corrected chi connectivity index (χ2v) is 3.53. The lowest BCUT2D eigenvalue weighted by Gasteiger charge is -2.03. The first-order chi connectivity index (χ1) is 6.97. The Morgan fingerprint density at radius 2 is 2.07 bits per heavy atom. The SMILES string of the molecule is O=C(NC1CC1)c1ccc(C(F)(F)F)[nH]1. The zero-order valence-corrected chi connectivity index (χ0v) is 7.69.